The zero-order valence-electron chi connectivity index (χ0n) is 8.99. The van der Waals surface area contributed by atoms with Crippen LogP contribution in [0.1, 0.15) is 16.1 Å². The van der Waals surface area contributed by atoms with E-state index in [-0.39, 0.29) is 23.5 Å². The van der Waals surface area contributed by atoms with E-state index in [1.54, 1.807) is 0 Å². The highest BCUT2D eigenvalue weighted by atomic mass is 19.1. The van der Waals surface area contributed by atoms with Crippen molar-refractivity contribution in [3.05, 3.63) is 51.6 Å². The monoisotopic (exact) mass is 250 g/mol. The molecule has 2 aromatic rings. The van der Waals surface area contributed by atoms with Gasteiger partial charge in [-0.25, -0.2) is 9.07 Å². The summed E-state index contributed by atoms with van der Waals surface area (Å²) in [6, 6.07) is 3.16. The Balaban J connectivity index is 2.35. The van der Waals surface area contributed by atoms with Crippen LogP contribution in [-0.4, -0.2) is 26.2 Å². The van der Waals surface area contributed by atoms with E-state index in [1.807, 2.05) is 0 Å². The van der Waals surface area contributed by atoms with Gasteiger partial charge in [-0.15, -0.1) is 5.10 Å². The topological polar surface area (TPSA) is 90.9 Å². The molecule has 0 unspecified atom stereocenters. The number of carbonyl (C=O) groups is 1. The van der Waals surface area contributed by atoms with Crippen LogP contribution in [0.4, 0.5) is 10.1 Å². The van der Waals surface area contributed by atoms with Crippen LogP contribution in [0.5, 0.6) is 0 Å². The summed E-state index contributed by atoms with van der Waals surface area (Å²) < 4.78 is 14.3. The Morgan fingerprint density at radius 2 is 2.28 bits per heavy atom. The van der Waals surface area contributed by atoms with Crippen LogP contribution >= 0.6 is 0 Å². The zero-order chi connectivity index (χ0) is 13.1. The maximum absolute atomic E-state index is 13.1. The van der Waals surface area contributed by atoms with Crippen LogP contribution in [0.3, 0.4) is 0 Å². The summed E-state index contributed by atoms with van der Waals surface area (Å²) in [5, 5.41) is 17.9. The molecule has 0 aliphatic carbocycles. The third kappa shape index (κ3) is 2.37. The molecule has 0 aliphatic rings. The summed E-state index contributed by atoms with van der Waals surface area (Å²) in [5.74, 6) is -0.577. The first-order valence-corrected chi connectivity index (χ1v) is 4.88. The van der Waals surface area contributed by atoms with Crippen LogP contribution in [0.2, 0.25) is 0 Å². The van der Waals surface area contributed by atoms with Crippen molar-refractivity contribution < 1.29 is 14.1 Å². The van der Waals surface area contributed by atoms with Crippen LogP contribution in [0, 0.1) is 15.9 Å². The van der Waals surface area contributed by atoms with Gasteiger partial charge >= 0.3 is 0 Å². The molecule has 0 saturated heterocycles. The molecule has 0 spiro atoms. The summed E-state index contributed by atoms with van der Waals surface area (Å²) in [7, 11) is 0. The second-order valence-corrected chi connectivity index (χ2v) is 3.49. The van der Waals surface area contributed by atoms with Crippen LogP contribution < -0.4 is 0 Å². The van der Waals surface area contributed by atoms with Crippen molar-refractivity contribution in [2.45, 2.75) is 6.54 Å². The molecule has 1 aromatic carbocycles. The van der Waals surface area contributed by atoms with Gasteiger partial charge in [0.1, 0.15) is 11.5 Å². The minimum absolute atomic E-state index is 0.0328. The fourth-order valence-corrected chi connectivity index (χ4v) is 1.48. The van der Waals surface area contributed by atoms with Crippen LogP contribution in [0.25, 0.3) is 0 Å². The second kappa shape index (κ2) is 4.70. The number of hydrogen-bond donors (Lipinski definition) is 0. The lowest BCUT2D eigenvalue weighted by atomic mass is 10.2. The van der Waals surface area contributed by atoms with Crippen LogP contribution in [0.15, 0.2) is 24.4 Å². The number of nitro benzene ring substituents is 1. The molecule has 92 valence electrons. The Labute approximate surface area is 100.0 Å². The number of rotatable bonds is 4. The first kappa shape index (κ1) is 11.8. The Morgan fingerprint density at radius 3 is 2.89 bits per heavy atom. The molecular formula is C10H7FN4O3. The van der Waals surface area contributed by atoms with Crippen molar-refractivity contribution in [1.82, 2.24) is 15.0 Å². The molecule has 0 bridgehead atoms. The van der Waals surface area contributed by atoms with E-state index in [0.29, 0.717) is 6.29 Å². The number of benzene rings is 1. The van der Waals surface area contributed by atoms with Gasteiger partial charge in [0.05, 0.1) is 23.2 Å². The number of aromatic nitrogens is 3. The minimum atomic E-state index is -0.605. The first-order valence-electron chi connectivity index (χ1n) is 4.88. The highest BCUT2D eigenvalue weighted by molar-refractivity contribution is 5.70. The number of aldehydes is 1. The number of halogens is 1. The molecule has 0 amide bonds. The summed E-state index contributed by atoms with van der Waals surface area (Å²) in [6.07, 6.45) is 1.82. The first-order chi connectivity index (χ1) is 8.60. The van der Waals surface area contributed by atoms with Gasteiger partial charge in [0, 0.05) is 6.07 Å². The summed E-state index contributed by atoms with van der Waals surface area (Å²) >= 11 is 0. The van der Waals surface area contributed by atoms with Crippen molar-refractivity contribution in [3.8, 4) is 0 Å². The molecule has 0 radical (unpaired) electrons. The van der Waals surface area contributed by atoms with Crippen molar-refractivity contribution in [2.75, 3.05) is 0 Å². The van der Waals surface area contributed by atoms with Crippen molar-refractivity contribution in [2.24, 2.45) is 0 Å². The lowest BCUT2D eigenvalue weighted by Crippen LogP contribution is -2.04. The number of carbonyl (C=O) groups excluding carboxylic acids is 1. The molecular weight excluding hydrogens is 243 g/mol. The fourth-order valence-electron chi connectivity index (χ4n) is 1.48. The van der Waals surface area contributed by atoms with Crippen molar-refractivity contribution in [1.29, 1.82) is 0 Å². The van der Waals surface area contributed by atoms with E-state index in [0.717, 1.165) is 18.2 Å². The number of nitrogens with zero attached hydrogens (tertiary/aromatic N) is 4. The molecule has 1 heterocycles. The summed E-state index contributed by atoms with van der Waals surface area (Å²) in [4.78, 5) is 20.6. The van der Waals surface area contributed by atoms with Gasteiger partial charge in [-0.1, -0.05) is 5.21 Å². The van der Waals surface area contributed by atoms with E-state index in [1.165, 1.54) is 10.9 Å². The highest BCUT2D eigenvalue weighted by Crippen LogP contribution is 2.20. The van der Waals surface area contributed by atoms with Gasteiger partial charge in [-0.3, -0.25) is 14.9 Å². The van der Waals surface area contributed by atoms with E-state index < -0.39 is 10.7 Å². The highest BCUT2D eigenvalue weighted by Gasteiger charge is 2.15. The lowest BCUT2D eigenvalue weighted by Gasteiger charge is -2.02. The average molecular weight is 250 g/mol. The molecule has 1 aromatic heterocycles. The average Bonchev–Trinajstić information content (AvgIpc) is 2.76. The molecule has 0 N–H and O–H groups in total. The largest absolute Gasteiger partial charge is 0.296 e. The Hall–Kier alpha value is -2.64. The maximum atomic E-state index is 13.1. The van der Waals surface area contributed by atoms with E-state index in [4.69, 9.17) is 0 Å². The summed E-state index contributed by atoms with van der Waals surface area (Å²) in [6.45, 7) is -0.0328. The van der Waals surface area contributed by atoms with Crippen LogP contribution in [-0.2, 0) is 6.54 Å². The van der Waals surface area contributed by atoms with Gasteiger partial charge < -0.3 is 0 Å². The molecule has 0 fully saturated rings. The maximum Gasteiger partial charge on any atom is 0.274 e. The van der Waals surface area contributed by atoms with E-state index in [9.17, 15) is 19.3 Å². The number of nitro groups is 1. The van der Waals surface area contributed by atoms with E-state index in [2.05, 4.69) is 10.3 Å². The van der Waals surface area contributed by atoms with Crippen molar-refractivity contribution in [3.63, 3.8) is 0 Å². The predicted molar refractivity (Wildman–Crippen MR) is 57.6 cm³/mol. The second-order valence-electron chi connectivity index (χ2n) is 3.49. The SMILES string of the molecule is O=Cc1cn(Cc2cc(F)ccc2[N+](=O)[O-])nn1. The smallest absolute Gasteiger partial charge is 0.274 e. The molecule has 8 heteroatoms. The molecule has 2 rings (SSSR count). The van der Waals surface area contributed by atoms with Gasteiger partial charge in [0.25, 0.3) is 5.69 Å². The van der Waals surface area contributed by atoms with E-state index >= 15 is 0 Å². The Kier molecular flexibility index (Phi) is 3.09. The fraction of sp³-hybridized carbons (Fsp3) is 0.100. The number of hydrogen-bond acceptors (Lipinski definition) is 5. The predicted octanol–water partition coefficient (Wildman–Crippen LogP) is 1.19. The minimum Gasteiger partial charge on any atom is -0.296 e. The van der Waals surface area contributed by atoms with Gasteiger partial charge in [0.15, 0.2) is 6.29 Å². The van der Waals surface area contributed by atoms with Gasteiger partial charge in [0.2, 0.25) is 0 Å². The standard InChI is InChI=1S/C10H7FN4O3/c11-8-1-2-10(15(17)18)7(3-8)4-14-5-9(6-16)12-13-14/h1-3,5-6H,4H2. The van der Waals surface area contributed by atoms with Gasteiger partial charge in [-0.05, 0) is 12.1 Å². The Morgan fingerprint density at radius 1 is 1.50 bits per heavy atom. The quantitative estimate of drug-likeness (QED) is 0.461. The molecule has 18 heavy (non-hydrogen) atoms. The summed E-state index contributed by atoms with van der Waals surface area (Å²) in [5.41, 5.74) is 0.0518. The third-order valence-electron chi connectivity index (χ3n) is 2.25. The molecule has 0 saturated carbocycles. The Bertz CT molecular complexity index is 611. The molecule has 0 aliphatic heterocycles. The van der Waals surface area contributed by atoms with Crippen molar-refractivity contribution >= 4 is 12.0 Å². The molecule has 0 atom stereocenters. The normalized spacial score (nSPS) is 10.3. The molecule has 7 nitrogen and oxygen atoms in total. The zero-order valence-corrected chi connectivity index (χ0v) is 8.99. The lowest BCUT2D eigenvalue weighted by molar-refractivity contribution is -0.385. The van der Waals surface area contributed by atoms with Gasteiger partial charge in [-0.2, -0.15) is 0 Å². The third-order valence-corrected chi connectivity index (χ3v) is 2.25.